The molecule has 0 fully saturated rings. The molecule has 0 atom stereocenters. The molecule has 0 unspecified atom stereocenters. The predicted octanol–water partition coefficient (Wildman–Crippen LogP) is 7.12. The Morgan fingerprint density at radius 1 is 0.724 bits per heavy atom. The molecule has 140 valence electrons. The molecule has 3 heterocycles. The molecule has 0 radical (unpaired) electrons. The zero-order valence-electron chi connectivity index (χ0n) is 16.9. The predicted molar refractivity (Wildman–Crippen MR) is 122 cm³/mol. The number of hydrogen-bond acceptors (Lipinski definition) is 1. The Labute approximate surface area is 170 Å². The highest BCUT2D eigenvalue weighted by atomic mass is 15.0. The number of aromatic nitrogens is 2. The minimum atomic E-state index is 0.0879. The van der Waals surface area contributed by atoms with Crippen LogP contribution in [0.4, 0.5) is 0 Å². The van der Waals surface area contributed by atoms with E-state index in [1.165, 1.54) is 49.7 Å². The summed E-state index contributed by atoms with van der Waals surface area (Å²) in [6, 6.07) is 26.5. The minimum absolute atomic E-state index is 0.0879. The Hall–Kier alpha value is -3.39. The van der Waals surface area contributed by atoms with Crippen molar-refractivity contribution in [3.63, 3.8) is 0 Å². The zero-order chi connectivity index (χ0) is 19.8. The van der Waals surface area contributed by atoms with Gasteiger partial charge in [-0.25, -0.2) is 0 Å². The summed E-state index contributed by atoms with van der Waals surface area (Å²) in [5.74, 6) is 0. The zero-order valence-corrected chi connectivity index (χ0v) is 16.9. The average molecular weight is 374 g/mol. The van der Waals surface area contributed by atoms with Gasteiger partial charge in [0.05, 0.1) is 22.4 Å². The molecular weight excluding hydrogens is 352 g/mol. The smallest absolute Gasteiger partial charge is 0.0802 e. The highest BCUT2D eigenvalue weighted by Gasteiger charge is 2.26. The van der Waals surface area contributed by atoms with Crippen molar-refractivity contribution >= 4 is 21.8 Å². The first-order valence-electron chi connectivity index (χ1n) is 10.2. The molecule has 1 aliphatic heterocycles. The summed E-state index contributed by atoms with van der Waals surface area (Å²) >= 11 is 0. The van der Waals surface area contributed by atoms with Crippen molar-refractivity contribution in [3.8, 4) is 28.1 Å². The lowest BCUT2D eigenvalue weighted by molar-refractivity contribution is 0.590. The van der Waals surface area contributed by atoms with Crippen molar-refractivity contribution in [1.29, 1.82) is 0 Å². The first-order chi connectivity index (χ1) is 14.0. The van der Waals surface area contributed by atoms with Gasteiger partial charge in [-0.15, -0.1) is 0 Å². The molecule has 0 N–H and O–H groups in total. The molecule has 0 spiro atoms. The van der Waals surface area contributed by atoms with E-state index in [2.05, 4.69) is 92.1 Å². The summed E-state index contributed by atoms with van der Waals surface area (Å²) in [6.45, 7) is 6.81. The second-order valence-corrected chi connectivity index (χ2v) is 8.94. The number of pyridine rings is 1. The number of fused-ring (bicyclic) bond motifs is 8. The van der Waals surface area contributed by atoms with E-state index in [1.54, 1.807) is 0 Å². The van der Waals surface area contributed by atoms with Gasteiger partial charge in [0.15, 0.2) is 0 Å². The minimum Gasteiger partial charge on any atom is -0.308 e. The van der Waals surface area contributed by atoms with Gasteiger partial charge in [0, 0.05) is 33.7 Å². The maximum absolute atomic E-state index is 4.85. The third-order valence-corrected chi connectivity index (χ3v) is 6.15. The fourth-order valence-corrected chi connectivity index (χ4v) is 4.71. The van der Waals surface area contributed by atoms with E-state index in [1.807, 2.05) is 12.3 Å². The van der Waals surface area contributed by atoms with Crippen LogP contribution in [0.5, 0.6) is 0 Å². The van der Waals surface area contributed by atoms with Gasteiger partial charge in [-0.3, -0.25) is 4.98 Å². The Kier molecular flexibility index (Phi) is 3.18. The van der Waals surface area contributed by atoms with Crippen LogP contribution in [-0.4, -0.2) is 9.55 Å². The Bertz CT molecular complexity index is 1430. The summed E-state index contributed by atoms with van der Waals surface area (Å²) in [5.41, 5.74) is 9.85. The van der Waals surface area contributed by atoms with Gasteiger partial charge in [-0.05, 0) is 35.2 Å². The van der Waals surface area contributed by atoms with E-state index in [0.29, 0.717) is 0 Å². The molecule has 2 aromatic heterocycles. The van der Waals surface area contributed by atoms with Crippen LogP contribution in [0.15, 0.2) is 79.0 Å². The van der Waals surface area contributed by atoms with Crippen LogP contribution >= 0.6 is 0 Å². The molecule has 2 nitrogen and oxygen atoms in total. The monoisotopic (exact) mass is 374 g/mol. The highest BCUT2D eigenvalue weighted by molar-refractivity contribution is 6.15. The van der Waals surface area contributed by atoms with Gasteiger partial charge in [-0.2, -0.15) is 0 Å². The summed E-state index contributed by atoms with van der Waals surface area (Å²) in [5, 5.41) is 2.57. The van der Waals surface area contributed by atoms with E-state index < -0.39 is 0 Å². The number of rotatable bonds is 0. The topological polar surface area (TPSA) is 17.8 Å². The van der Waals surface area contributed by atoms with Crippen molar-refractivity contribution in [2.45, 2.75) is 26.2 Å². The summed E-state index contributed by atoms with van der Waals surface area (Å²) in [6.07, 6.45) is 1.91. The Morgan fingerprint density at radius 2 is 1.52 bits per heavy atom. The van der Waals surface area contributed by atoms with Gasteiger partial charge < -0.3 is 4.57 Å². The molecule has 0 bridgehead atoms. The van der Waals surface area contributed by atoms with Crippen LogP contribution in [0.3, 0.4) is 0 Å². The normalized spacial score (nSPS) is 12.7. The van der Waals surface area contributed by atoms with E-state index in [9.17, 15) is 0 Å². The fourth-order valence-electron chi connectivity index (χ4n) is 4.71. The van der Waals surface area contributed by atoms with Crippen molar-refractivity contribution in [3.05, 3.63) is 84.6 Å². The molecule has 3 aromatic carbocycles. The van der Waals surface area contributed by atoms with Gasteiger partial charge >= 0.3 is 0 Å². The molecule has 5 aromatic rings. The second kappa shape index (κ2) is 5.57. The maximum Gasteiger partial charge on any atom is 0.0802 e. The van der Waals surface area contributed by atoms with Gasteiger partial charge in [0.1, 0.15) is 0 Å². The van der Waals surface area contributed by atoms with Crippen LogP contribution in [0.2, 0.25) is 0 Å². The van der Waals surface area contributed by atoms with Crippen LogP contribution < -0.4 is 0 Å². The van der Waals surface area contributed by atoms with Crippen LogP contribution in [0.1, 0.15) is 26.3 Å². The summed E-state index contributed by atoms with van der Waals surface area (Å²) in [4.78, 5) is 4.85. The maximum atomic E-state index is 4.85. The standard InChI is InChI=1S/C27H22N2/c1-27(2,3)17-13-14-24-22(16-17)19-11-7-15-28-25(19)21-10-6-9-20-18-8-4-5-12-23(18)29(24)26(20)21/h4-16H,1-3H3. The lowest BCUT2D eigenvalue weighted by atomic mass is 9.84. The van der Waals surface area contributed by atoms with Crippen molar-refractivity contribution < 1.29 is 0 Å². The number of nitrogens with zero attached hydrogens (tertiary/aromatic N) is 2. The average Bonchev–Trinajstić information content (AvgIpc) is 3.00. The first kappa shape index (κ1) is 16.6. The van der Waals surface area contributed by atoms with Crippen LogP contribution in [0.25, 0.3) is 49.9 Å². The molecule has 6 rings (SSSR count). The number of benzene rings is 3. The van der Waals surface area contributed by atoms with E-state index in [-0.39, 0.29) is 5.41 Å². The molecule has 2 heteroatoms. The SMILES string of the molecule is CC(C)(C)c1ccc2c(c1)-c1cccnc1-c1cccc3c4ccccc4n-2c13. The largest absolute Gasteiger partial charge is 0.308 e. The Morgan fingerprint density at radius 3 is 2.38 bits per heavy atom. The molecule has 0 aliphatic carbocycles. The second-order valence-electron chi connectivity index (χ2n) is 8.94. The highest BCUT2D eigenvalue weighted by Crippen LogP contribution is 2.46. The van der Waals surface area contributed by atoms with E-state index in [0.717, 1.165) is 5.69 Å². The fraction of sp³-hybridized carbons (Fsp3) is 0.148. The van der Waals surface area contributed by atoms with Crippen molar-refractivity contribution in [2.75, 3.05) is 0 Å². The van der Waals surface area contributed by atoms with Crippen LogP contribution in [0, 0.1) is 0 Å². The summed E-state index contributed by atoms with van der Waals surface area (Å²) in [7, 11) is 0. The first-order valence-corrected chi connectivity index (χ1v) is 10.2. The van der Waals surface area contributed by atoms with Gasteiger partial charge in [-0.1, -0.05) is 69.3 Å². The quantitative estimate of drug-likeness (QED) is 0.277. The molecule has 0 amide bonds. The van der Waals surface area contributed by atoms with Crippen molar-refractivity contribution in [1.82, 2.24) is 9.55 Å². The number of para-hydroxylation sites is 2. The van der Waals surface area contributed by atoms with E-state index >= 15 is 0 Å². The molecule has 29 heavy (non-hydrogen) atoms. The third kappa shape index (κ3) is 2.20. The lowest BCUT2D eigenvalue weighted by Crippen LogP contribution is -2.11. The summed E-state index contributed by atoms with van der Waals surface area (Å²) < 4.78 is 2.43. The lowest BCUT2D eigenvalue weighted by Gasteiger charge is -2.22. The van der Waals surface area contributed by atoms with Crippen molar-refractivity contribution in [2.24, 2.45) is 0 Å². The number of hydrogen-bond donors (Lipinski definition) is 0. The molecular formula is C27H22N2. The van der Waals surface area contributed by atoms with Crippen LogP contribution in [-0.2, 0) is 5.41 Å². The third-order valence-electron chi connectivity index (χ3n) is 6.15. The molecule has 0 saturated carbocycles. The van der Waals surface area contributed by atoms with Gasteiger partial charge in [0.25, 0.3) is 0 Å². The molecule has 0 saturated heterocycles. The van der Waals surface area contributed by atoms with Gasteiger partial charge in [0.2, 0.25) is 0 Å². The van der Waals surface area contributed by atoms with E-state index in [4.69, 9.17) is 4.98 Å². The Balaban J connectivity index is 1.88. The molecule has 1 aliphatic rings.